The fourth-order valence-electron chi connectivity index (χ4n) is 2.68. The molecular weight excluding hydrogens is 282 g/mol. The van der Waals surface area contributed by atoms with Crippen molar-refractivity contribution >= 4 is 16.9 Å². The predicted octanol–water partition coefficient (Wildman–Crippen LogP) is 2.60. The Morgan fingerprint density at radius 1 is 1.41 bits per heavy atom. The lowest BCUT2D eigenvalue weighted by Gasteiger charge is -2.12. The van der Waals surface area contributed by atoms with Gasteiger partial charge < -0.3 is 19.1 Å². The van der Waals surface area contributed by atoms with Crippen LogP contribution in [0.3, 0.4) is 0 Å². The first-order valence-corrected chi connectivity index (χ1v) is 7.77. The highest BCUT2D eigenvalue weighted by molar-refractivity contribution is 5.97. The second-order valence-electron chi connectivity index (χ2n) is 5.57. The number of esters is 1. The van der Waals surface area contributed by atoms with Crippen molar-refractivity contribution in [1.82, 2.24) is 4.57 Å². The smallest absolute Gasteiger partial charge is 0.354 e. The van der Waals surface area contributed by atoms with Gasteiger partial charge in [0, 0.05) is 11.9 Å². The molecule has 5 nitrogen and oxygen atoms in total. The number of para-hydroxylation sites is 1. The Morgan fingerprint density at radius 2 is 2.23 bits per heavy atom. The monoisotopic (exact) mass is 303 g/mol. The second kappa shape index (κ2) is 6.40. The number of aliphatic hydroxyl groups is 1. The van der Waals surface area contributed by atoms with Crippen molar-refractivity contribution < 1.29 is 19.4 Å². The molecule has 1 aliphatic carbocycles. The van der Waals surface area contributed by atoms with Gasteiger partial charge >= 0.3 is 5.97 Å². The van der Waals surface area contributed by atoms with E-state index in [0.717, 1.165) is 17.4 Å². The zero-order valence-electron chi connectivity index (χ0n) is 12.7. The van der Waals surface area contributed by atoms with Gasteiger partial charge in [0.25, 0.3) is 0 Å². The molecule has 0 unspecified atom stereocenters. The molecule has 0 radical (unpaired) electrons. The third-order valence-electron chi connectivity index (χ3n) is 3.85. The maximum absolute atomic E-state index is 12.2. The first-order chi connectivity index (χ1) is 10.7. The van der Waals surface area contributed by atoms with Crippen molar-refractivity contribution in [2.24, 2.45) is 5.92 Å². The minimum atomic E-state index is -0.299. The predicted molar refractivity (Wildman–Crippen MR) is 83.2 cm³/mol. The lowest BCUT2D eigenvalue weighted by atomic mass is 10.2. The minimum Gasteiger partial charge on any atom is -0.489 e. The van der Waals surface area contributed by atoms with Crippen LogP contribution in [0.5, 0.6) is 5.75 Å². The number of benzene rings is 1. The quantitative estimate of drug-likeness (QED) is 0.799. The highest BCUT2D eigenvalue weighted by Crippen LogP contribution is 2.36. The van der Waals surface area contributed by atoms with Crippen LogP contribution in [0.15, 0.2) is 24.3 Å². The summed E-state index contributed by atoms with van der Waals surface area (Å²) in [5.74, 6) is 1.02. The molecule has 0 spiro atoms. The van der Waals surface area contributed by atoms with Crippen LogP contribution in [0.1, 0.15) is 30.3 Å². The van der Waals surface area contributed by atoms with Gasteiger partial charge in [0.1, 0.15) is 18.1 Å². The summed E-state index contributed by atoms with van der Waals surface area (Å²) in [5, 5.41) is 9.94. The van der Waals surface area contributed by atoms with E-state index < -0.39 is 0 Å². The molecule has 1 fully saturated rings. The highest BCUT2D eigenvalue weighted by Gasteiger charge is 2.26. The summed E-state index contributed by atoms with van der Waals surface area (Å²) < 4.78 is 12.8. The van der Waals surface area contributed by atoms with Crippen LogP contribution in [-0.4, -0.2) is 35.5 Å². The zero-order chi connectivity index (χ0) is 15.5. The summed E-state index contributed by atoms with van der Waals surface area (Å²) in [7, 11) is 0. The van der Waals surface area contributed by atoms with E-state index in [1.54, 1.807) is 0 Å². The average molecular weight is 303 g/mol. The van der Waals surface area contributed by atoms with Crippen molar-refractivity contribution in [3.63, 3.8) is 0 Å². The molecule has 1 N–H and O–H groups in total. The normalized spacial score (nSPS) is 14.3. The Morgan fingerprint density at radius 3 is 2.91 bits per heavy atom. The summed E-state index contributed by atoms with van der Waals surface area (Å²) in [6.07, 6.45) is 2.39. The van der Waals surface area contributed by atoms with Gasteiger partial charge in [-0.15, -0.1) is 0 Å². The average Bonchev–Trinajstić information content (AvgIpc) is 3.25. The molecule has 0 amide bonds. The third kappa shape index (κ3) is 2.95. The van der Waals surface area contributed by atoms with Crippen LogP contribution in [0.2, 0.25) is 0 Å². The van der Waals surface area contributed by atoms with Gasteiger partial charge in [0.2, 0.25) is 0 Å². The van der Waals surface area contributed by atoms with E-state index >= 15 is 0 Å². The number of nitrogens with zero attached hydrogens (tertiary/aromatic N) is 1. The molecule has 1 aliphatic rings. The zero-order valence-corrected chi connectivity index (χ0v) is 12.7. The molecular formula is C17H21NO4. The molecule has 0 aliphatic heterocycles. The molecule has 1 aromatic heterocycles. The lowest BCUT2D eigenvalue weighted by Crippen LogP contribution is -2.13. The first-order valence-electron chi connectivity index (χ1n) is 7.77. The summed E-state index contributed by atoms with van der Waals surface area (Å²) >= 11 is 0. The lowest BCUT2D eigenvalue weighted by molar-refractivity contribution is 0.0514. The van der Waals surface area contributed by atoms with Crippen LogP contribution in [0.4, 0.5) is 0 Å². The van der Waals surface area contributed by atoms with E-state index in [0.29, 0.717) is 24.0 Å². The highest BCUT2D eigenvalue weighted by atomic mass is 16.5. The summed E-state index contributed by atoms with van der Waals surface area (Å²) in [6.45, 7) is 3.17. The Balaban J connectivity index is 2.07. The number of rotatable bonds is 7. The van der Waals surface area contributed by atoms with E-state index in [9.17, 15) is 4.79 Å². The van der Waals surface area contributed by atoms with Crippen molar-refractivity contribution in [1.29, 1.82) is 0 Å². The van der Waals surface area contributed by atoms with E-state index in [2.05, 4.69) is 0 Å². The fraction of sp³-hybridized carbons (Fsp3) is 0.471. The molecule has 5 heteroatoms. The van der Waals surface area contributed by atoms with Gasteiger partial charge in [0.15, 0.2) is 0 Å². The molecule has 0 saturated heterocycles. The van der Waals surface area contributed by atoms with Crippen LogP contribution < -0.4 is 4.74 Å². The van der Waals surface area contributed by atoms with Crippen LogP contribution in [-0.2, 0) is 11.3 Å². The van der Waals surface area contributed by atoms with Crippen molar-refractivity contribution in [3.05, 3.63) is 30.0 Å². The first kappa shape index (κ1) is 14.9. The summed E-state index contributed by atoms with van der Waals surface area (Å²) in [4.78, 5) is 12.2. The standard InChI is InChI=1S/C17H21NO4/c1-2-21-17(20)14-10-13-4-3-5-15(22-9-8-19)16(13)18(14)11-12-6-7-12/h3-5,10,12,19H,2,6-9,11H2,1H3. The molecule has 2 aromatic rings. The molecule has 1 aromatic carbocycles. The van der Waals surface area contributed by atoms with E-state index in [1.165, 1.54) is 12.8 Å². The number of aromatic nitrogens is 1. The minimum absolute atomic E-state index is 0.0372. The molecule has 118 valence electrons. The van der Waals surface area contributed by atoms with Gasteiger partial charge in [-0.3, -0.25) is 0 Å². The Bertz CT molecular complexity index is 673. The van der Waals surface area contributed by atoms with E-state index in [-0.39, 0.29) is 19.2 Å². The van der Waals surface area contributed by atoms with Crippen molar-refractivity contribution in [3.8, 4) is 5.75 Å². The number of aliphatic hydroxyl groups excluding tert-OH is 1. The number of hydrogen-bond acceptors (Lipinski definition) is 4. The van der Waals surface area contributed by atoms with Crippen LogP contribution in [0, 0.1) is 5.92 Å². The van der Waals surface area contributed by atoms with Gasteiger partial charge in [0.05, 0.1) is 18.7 Å². The number of carbonyl (C=O) groups is 1. The maximum Gasteiger partial charge on any atom is 0.354 e. The van der Waals surface area contributed by atoms with Gasteiger partial charge in [-0.05, 0) is 37.8 Å². The Hall–Kier alpha value is -2.01. The van der Waals surface area contributed by atoms with E-state index in [4.69, 9.17) is 14.6 Å². The SMILES string of the molecule is CCOC(=O)c1cc2cccc(OCCO)c2n1CC1CC1. The fourth-order valence-corrected chi connectivity index (χ4v) is 2.68. The van der Waals surface area contributed by atoms with E-state index in [1.807, 2.05) is 35.8 Å². The molecule has 1 saturated carbocycles. The van der Waals surface area contributed by atoms with Gasteiger partial charge in [-0.2, -0.15) is 0 Å². The number of hydrogen-bond donors (Lipinski definition) is 1. The largest absolute Gasteiger partial charge is 0.489 e. The van der Waals surface area contributed by atoms with Crippen LogP contribution >= 0.6 is 0 Å². The van der Waals surface area contributed by atoms with Gasteiger partial charge in [-0.25, -0.2) is 4.79 Å². The van der Waals surface area contributed by atoms with Gasteiger partial charge in [-0.1, -0.05) is 12.1 Å². The Kier molecular flexibility index (Phi) is 4.34. The summed E-state index contributed by atoms with van der Waals surface area (Å²) in [5.41, 5.74) is 1.48. The van der Waals surface area contributed by atoms with Crippen LogP contribution in [0.25, 0.3) is 10.9 Å². The number of ether oxygens (including phenoxy) is 2. The maximum atomic E-state index is 12.2. The summed E-state index contributed by atoms with van der Waals surface area (Å²) in [6, 6.07) is 7.59. The molecule has 22 heavy (non-hydrogen) atoms. The number of fused-ring (bicyclic) bond motifs is 1. The van der Waals surface area contributed by atoms with Crippen molar-refractivity contribution in [2.75, 3.05) is 19.8 Å². The third-order valence-corrected chi connectivity index (χ3v) is 3.85. The van der Waals surface area contributed by atoms with Crippen molar-refractivity contribution in [2.45, 2.75) is 26.3 Å². The second-order valence-corrected chi connectivity index (χ2v) is 5.57. The topological polar surface area (TPSA) is 60.7 Å². The Labute approximate surface area is 129 Å². The molecule has 1 heterocycles. The molecule has 3 rings (SSSR count). The number of carbonyl (C=O) groups excluding carboxylic acids is 1. The molecule has 0 atom stereocenters. The molecule has 0 bridgehead atoms.